The van der Waals surface area contributed by atoms with Crippen LogP contribution < -0.4 is 0 Å². The van der Waals surface area contributed by atoms with Crippen LogP contribution in [-0.2, 0) is 17.8 Å². The molecule has 6 nitrogen and oxygen atoms in total. The molecular formula is C21H25N5O. The molecule has 0 bridgehead atoms. The van der Waals surface area contributed by atoms with E-state index in [-0.39, 0.29) is 5.91 Å². The van der Waals surface area contributed by atoms with E-state index in [0.29, 0.717) is 31.2 Å². The highest BCUT2D eigenvalue weighted by Gasteiger charge is 2.32. The number of hydrogen-bond acceptors (Lipinski definition) is 4. The van der Waals surface area contributed by atoms with E-state index in [1.807, 2.05) is 13.8 Å². The second-order valence-corrected chi connectivity index (χ2v) is 7.47. The molecule has 0 atom stereocenters. The average Bonchev–Trinajstić information content (AvgIpc) is 3.38. The number of carbonyl (C=O) groups excluding carboxylic acids is 1. The summed E-state index contributed by atoms with van der Waals surface area (Å²) in [5.41, 5.74) is 5.47. The minimum atomic E-state index is 0.218. The monoisotopic (exact) mass is 363 g/mol. The van der Waals surface area contributed by atoms with Gasteiger partial charge in [0.25, 0.3) is 5.78 Å². The van der Waals surface area contributed by atoms with Crippen LogP contribution in [0, 0.1) is 20.8 Å². The van der Waals surface area contributed by atoms with Crippen molar-refractivity contribution in [3.8, 4) is 0 Å². The summed E-state index contributed by atoms with van der Waals surface area (Å²) in [5, 5.41) is 4.23. The van der Waals surface area contributed by atoms with Gasteiger partial charge in [0.2, 0.25) is 5.91 Å². The highest BCUT2D eigenvalue weighted by molar-refractivity contribution is 5.77. The molecule has 1 aromatic carbocycles. The molecule has 6 heteroatoms. The lowest BCUT2D eigenvalue weighted by Gasteiger charge is -2.23. The number of aryl methyl sites for hydroxylation is 3. The van der Waals surface area contributed by atoms with Gasteiger partial charge in [-0.2, -0.15) is 10.1 Å². The molecule has 0 unspecified atom stereocenters. The fraction of sp³-hybridized carbons (Fsp3) is 0.429. The largest absolute Gasteiger partial charge is 0.335 e. The lowest BCUT2D eigenvalue weighted by molar-refractivity contribution is -0.132. The number of rotatable bonds is 6. The van der Waals surface area contributed by atoms with Gasteiger partial charge in [-0.25, -0.2) is 9.50 Å². The van der Waals surface area contributed by atoms with E-state index < -0.39 is 0 Å². The standard InChI is InChI=1S/C21H25N5O/c1-14-4-6-17(7-5-14)12-25(18-8-9-18)20(27)11-10-19-15(2)24-21-22-13-23-26(21)16(19)3/h4-7,13,18H,8-12H2,1-3H3. The number of aromatic nitrogens is 4. The highest BCUT2D eigenvalue weighted by atomic mass is 16.2. The van der Waals surface area contributed by atoms with Crippen molar-refractivity contribution in [3.63, 3.8) is 0 Å². The maximum Gasteiger partial charge on any atom is 0.252 e. The van der Waals surface area contributed by atoms with Crippen molar-refractivity contribution in [2.45, 2.75) is 59.0 Å². The van der Waals surface area contributed by atoms with Crippen LogP contribution in [0.25, 0.3) is 5.78 Å². The molecule has 0 spiro atoms. The Morgan fingerprint density at radius 2 is 1.93 bits per heavy atom. The predicted molar refractivity (Wildman–Crippen MR) is 103 cm³/mol. The number of nitrogens with zero attached hydrogens (tertiary/aromatic N) is 5. The molecule has 1 saturated carbocycles. The van der Waals surface area contributed by atoms with Crippen molar-refractivity contribution < 1.29 is 4.79 Å². The van der Waals surface area contributed by atoms with Gasteiger partial charge < -0.3 is 4.90 Å². The molecule has 140 valence electrons. The quantitative estimate of drug-likeness (QED) is 0.675. The number of fused-ring (bicyclic) bond motifs is 1. The van der Waals surface area contributed by atoms with E-state index in [1.165, 1.54) is 17.5 Å². The van der Waals surface area contributed by atoms with Crippen LogP contribution in [0.4, 0.5) is 0 Å². The molecule has 1 amide bonds. The molecular weight excluding hydrogens is 338 g/mol. The Hall–Kier alpha value is -2.76. The fourth-order valence-electron chi connectivity index (χ4n) is 3.59. The molecule has 0 aliphatic heterocycles. The van der Waals surface area contributed by atoms with Crippen molar-refractivity contribution in [2.24, 2.45) is 0 Å². The van der Waals surface area contributed by atoms with E-state index in [0.717, 1.165) is 29.8 Å². The summed E-state index contributed by atoms with van der Waals surface area (Å²) in [6.45, 7) is 6.77. The molecule has 3 aromatic rings. The van der Waals surface area contributed by atoms with Gasteiger partial charge >= 0.3 is 0 Å². The normalized spacial score (nSPS) is 13.9. The summed E-state index contributed by atoms with van der Waals surface area (Å²) in [6.07, 6.45) is 4.91. The summed E-state index contributed by atoms with van der Waals surface area (Å²) in [6, 6.07) is 8.86. The van der Waals surface area contributed by atoms with E-state index in [4.69, 9.17) is 0 Å². The number of carbonyl (C=O) groups is 1. The Morgan fingerprint density at radius 3 is 2.63 bits per heavy atom. The van der Waals surface area contributed by atoms with Crippen LogP contribution in [-0.4, -0.2) is 36.4 Å². The van der Waals surface area contributed by atoms with Gasteiger partial charge in [-0.15, -0.1) is 0 Å². The van der Waals surface area contributed by atoms with Crippen molar-refractivity contribution in [1.29, 1.82) is 0 Å². The first-order chi connectivity index (χ1) is 13.0. The molecule has 1 fully saturated rings. The maximum absolute atomic E-state index is 13.0. The lowest BCUT2D eigenvalue weighted by atomic mass is 10.1. The molecule has 0 N–H and O–H groups in total. The lowest BCUT2D eigenvalue weighted by Crippen LogP contribution is -2.32. The molecule has 4 rings (SSSR count). The number of hydrogen-bond donors (Lipinski definition) is 0. The van der Waals surface area contributed by atoms with Gasteiger partial charge in [0.05, 0.1) is 0 Å². The van der Waals surface area contributed by atoms with E-state index in [9.17, 15) is 4.79 Å². The van der Waals surface area contributed by atoms with Crippen molar-refractivity contribution in [2.75, 3.05) is 0 Å². The SMILES string of the molecule is Cc1ccc(CN(C(=O)CCc2c(C)nc3ncnn3c2C)C2CC2)cc1. The van der Waals surface area contributed by atoms with Crippen LogP contribution >= 0.6 is 0 Å². The molecule has 27 heavy (non-hydrogen) atoms. The topological polar surface area (TPSA) is 63.4 Å². The predicted octanol–water partition coefficient (Wildman–Crippen LogP) is 3.17. The minimum Gasteiger partial charge on any atom is -0.335 e. The molecule has 0 saturated heterocycles. The molecule has 2 heterocycles. The summed E-state index contributed by atoms with van der Waals surface area (Å²) in [7, 11) is 0. The Kier molecular flexibility index (Phi) is 4.64. The third-order valence-corrected chi connectivity index (χ3v) is 5.36. The Labute approximate surface area is 159 Å². The van der Waals surface area contributed by atoms with Gasteiger partial charge in [0.1, 0.15) is 6.33 Å². The Morgan fingerprint density at radius 1 is 1.19 bits per heavy atom. The number of benzene rings is 1. The third-order valence-electron chi connectivity index (χ3n) is 5.36. The van der Waals surface area contributed by atoms with Crippen LogP contribution in [0.2, 0.25) is 0 Å². The van der Waals surface area contributed by atoms with Gasteiger partial charge in [-0.3, -0.25) is 4.79 Å². The van der Waals surface area contributed by atoms with E-state index in [2.05, 4.69) is 51.2 Å². The zero-order chi connectivity index (χ0) is 19.0. The summed E-state index contributed by atoms with van der Waals surface area (Å²) in [5.74, 6) is 0.828. The Balaban J connectivity index is 1.48. The first-order valence-electron chi connectivity index (χ1n) is 9.54. The third kappa shape index (κ3) is 3.70. The summed E-state index contributed by atoms with van der Waals surface area (Å²) < 4.78 is 1.75. The molecule has 0 radical (unpaired) electrons. The summed E-state index contributed by atoms with van der Waals surface area (Å²) in [4.78, 5) is 23.7. The van der Waals surface area contributed by atoms with Crippen molar-refractivity contribution >= 4 is 11.7 Å². The maximum atomic E-state index is 13.0. The van der Waals surface area contributed by atoms with Crippen molar-refractivity contribution in [3.05, 3.63) is 58.7 Å². The molecule has 1 aliphatic rings. The first kappa shape index (κ1) is 17.6. The van der Waals surface area contributed by atoms with Crippen LogP contribution in [0.5, 0.6) is 0 Å². The smallest absolute Gasteiger partial charge is 0.252 e. The molecule has 1 aliphatic carbocycles. The first-order valence-corrected chi connectivity index (χ1v) is 9.54. The average molecular weight is 363 g/mol. The van der Waals surface area contributed by atoms with Gasteiger partial charge in [-0.05, 0) is 51.2 Å². The van der Waals surface area contributed by atoms with Crippen LogP contribution in [0.3, 0.4) is 0 Å². The van der Waals surface area contributed by atoms with Gasteiger partial charge in [-0.1, -0.05) is 29.8 Å². The van der Waals surface area contributed by atoms with Gasteiger partial charge in [0, 0.05) is 30.4 Å². The summed E-state index contributed by atoms with van der Waals surface area (Å²) >= 11 is 0. The Bertz CT molecular complexity index is 972. The van der Waals surface area contributed by atoms with E-state index >= 15 is 0 Å². The van der Waals surface area contributed by atoms with E-state index in [1.54, 1.807) is 4.52 Å². The second-order valence-electron chi connectivity index (χ2n) is 7.47. The van der Waals surface area contributed by atoms with Crippen LogP contribution in [0.1, 0.15) is 47.3 Å². The fourth-order valence-corrected chi connectivity index (χ4v) is 3.59. The van der Waals surface area contributed by atoms with Crippen LogP contribution in [0.15, 0.2) is 30.6 Å². The molecule has 2 aromatic heterocycles. The minimum absolute atomic E-state index is 0.218. The van der Waals surface area contributed by atoms with Gasteiger partial charge in [0.15, 0.2) is 0 Å². The second kappa shape index (κ2) is 7.10. The zero-order valence-electron chi connectivity index (χ0n) is 16.1. The number of amides is 1. The highest BCUT2D eigenvalue weighted by Crippen LogP contribution is 2.29. The van der Waals surface area contributed by atoms with Crippen molar-refractivity contribution in [1.82, 2.24) is 24.5 Å². The zero-order valence-corrected chi connectivity index (χ0v) is 16.1.